The Morgan fingerprint density at radius 3 is 3.11 bits per heavy atom. The van der Waals surface area contributed by atoms with Crippen LogP contribution < -0.4 is 11.1 Å². The highest BCUT2D eigenvalue weighted by Crippen LogP contribution is 2.26. The zero-order valence-corrected chi connectivity index (χ0v) is 11.3. The Hall–Kier alpha value is -1.54. The number of rotatable bonds is 5. The van der Waals surface area contributed by atoms with Gasteiger partial charge in [0.05, 0.1) is 10.4 Å². The zero-order chi connectivity index (χ0) is 13.0. The van der Waals surface area contributed by atoms with Gasteiger partial charge in [-0.2, -0.15) is 0 Å². The van der Waals surface area contributed by atoms with Crippen LogP contribution in [0.2, 0.25) is 0 Å². The van der Waals surface area contributed by atoms with Crippen LogP contribution >= 0.6 is 23.1 Å². The van der Waals surface area contributed by atoms with E-state index in [0.29, 0.717) is 28.9 Å². The maximum atomic E-state index is 11.6. The maximum Gasteiger partial charge on any atom is 0.226 e. The van der Waals surface area contributed by atoms with Crippen molar-refractivity contribution in [1.29, 1.82) is 0 Å². The molecule has 2 aromatic heterocycles. The third kappa shape index (κ3) is 3.74. The molecule has 0 saturated heterocycles. The summed E-state index contributed by atoms with van der Waals surface area (Å²) in [6.07, 6.45) is 2.11. The lowest BCUT2D eigenvalue weighted by Crippen LogP contribution is -2.12. The minimum Gasteiger partial charge on any atom is -0.375 e. The van der Waals surface area contributed by atoms with Gasteiger partial charge in [-0.15, -0.1) is 11.8 Å². The number of aromatic nitrogens is 2. The van der Waals surface area contributed by atoms with Gasteiger partial charge in [0.15, 0.2) is 10.9 Å². The summed E-state index contributed by atoms with van der Waals surface area (Å²) in [5.41, 5.74) is 5.51. The molecule has 0 saturated carbocycles. The number of hydrogen-bond acceptors (Lipinski definition) is 7. The molecule has 6 nitrogen and oxygen atoms in total. The van der Waals surface area contributed by atoms with E-state index in [1.807, 2.05) is 0 Å². The third-order valence-corrected chi connectivity index (χ3v) is 3.99. The molecule has 0 bridgehead atoms. The van der Waals surface area contributed by atoms with Gasteiger partial charge in [0.25, 0.3) is 0 Å². The summed E-state index contributed by atoms with van der Waals surface area (Å²) >= 11 is 2.97. The molecule has 2 rings (SSSR count). The highest BCUT2D eigenvalue weighted by atomic mass is 32.2. The van der Waals surface area contributed by atoms with Crippen molar-refractivity contribution in [2.75, 3.05) is 16.8 Å². The Balaban J connectivity index is 1.72. The van der Waals surface area contributed by atoms with E-state index < -0.39 is 0 Å². The second kappa shape index (κ2) is 5.87. The van der Waals surface area contributed by atoms with E-state index in [9.17, 15) is 4.79 Å². The van der Waals surface area contributed by atoms with E-state index in [2.05, 4.69) is 15.5 Å². The van der Waals surface area contributed by atoms with Crippen molar-refractivity contribution >= 4 is 40.0 Å². The van der Waals surface area contributed by atoms with Crippen LogP contribution in [0.1, 0.15) is 12.2 Å². The molecule has 0 aliphatic carbocycles. The summed E-state index contributed by atoms with van der Waals surface area (Å²) in [6, 6.07) is 1.68. The number of hydrogen-bond donors (Lipinski definition) is 2. The van der Waals surface area contributed by atoms with Crippen molar-refractivity contribution in [2.24, 2.45) is 0 Å². The Bertz CT molecular complexity index is 537. The van der Waals surface area contributed by atoms with Gasteiger partial charge in [-0.1, -0.05) is 16.5 Å². The Morgan fingerprint density at radius 1 is 1.67 bits per heavy atom. The van der Waals surface area contributed by atoms with E-state index in [1.54, 1.807) is 30.9 Å². The lowest BCUT2D eigenvalue weighted by atomic mass is 10.4. The average Bonchev–Trinajstić information content (AvgIpc) is 2.88. The number of carbonyl (C=O) groups excluding carboxylic acids is 1. The highest BCUT2D eigenvalue weighted by molar-refractivity contribution is 8.01. The summed E-state index contributed by atoms with van der Waals surface area (Å²) in [5, 5.41) is 6.89. The standard InChI is InChI=1S/C10H12N4O2S2/c1-6-4-7(14-16-6)13-8(15)2-3-17-9-5-12-10(11)18-9/h4-5H,2-3H2,1H3,(H2,11,12)(H,13,14,15). The van der Waals surface area contributed by atoms with Gasteiger partial charge >= 0.3 is 0 Å². The molecule has 0 atom stereocenters. The van der Waals surface area contributed by atoms with E-state index in [0.717, 1.165) is 4.21 Å². The van der Waals surface area contributed by atoms with Crippen LogP contribution in [0.3, 0.4) is 0 Å². The van der Waals surface area contributed by atoms with Crippen LogP contribution in [0.5, 0.6) is 0 Å². The monoisotopic (exact) mass is 284 g/mol. The normalized spacial score (nSPS) is 10.5. The first-order valence-corrected chi connectivity index (χ1v) is 7.01. The number of anilines is 2. The van der Waals surface area contributed by atoms with Crippen molar-refractivity contribution in [2.45, 2.75) is 17.6 Å². The molecule has 0 aliphatic heterocycles. The SMILES string of the molecule is Cc1cc(NC(=O)CCSc2cnc(N)s2)no1. The molecular formula is C10H12N4O2S2. The number of aryl methyl sites for hydroxylation is 1. The number of carbonyl (C=O) groups is 1. The molecule has 0 spiro atoms. The lowest BCUT2D eigenvalue weighted by Gasteiger charge is -1.99. The summed E-state index contributed by atoms with van der Waals surface area (Å²) in [6.45, 7) is 1.77. The van der Waals surface area contributed by atoms with Crippen molar-refractivity contribution < 1.29 is 9.32 Å². The van der Waals surface area contributed by atoms with Gasteiger partial charge < -0.3 is 15.6 Å². The van der Waals surface area contributed by atoms with Crippen LogP contribution in [0.15, 0.2) is 21.0 Å². The molecule has 0 aliphatic rings. The predicted octanol–water partition coefficient (Wildman–Crippen LogP) is 2.14. The van der Waals surface area contributed by atoms with E-state index in [4.69, 9.17) is 10.3 Å². The van der Waals surface area contributed by atoms with Crippen LogP contribution in [-0.4, -0.2) is 21.8 Å². The number of nitrogens with two attached hydrogens (primary N) is 1. The van der Waals surface area contributed by atoms with Crippen LogP contribution in [-0.2, 0) is 4.79 Å². The fraction of sp³-hybridized carbons (Fsp3) is 0.300. The lowest BCUT2D eigenvalue weighted by molar-refractivity contribution is -0.115. The quantitative estimate of drug-likeness (QED) is 0.817. The largest absolute Gasteiger partial charge is 0.375 e. The molecule has 2 heterocycles. The average molecular weight is 284 g/mol. The first kappa shape index (κ1) is 12.9. The van der Waals surface area contributed by atoms with E-state index >= 15 is 0 Å². The topological polar surface area (TPSA) is 94.0 Å². The second-order valence-electron chi connectivity index (χ2n) is 3.49. The Morgan fingerprint density at radius 2 is 2.50 bits per heavy atom. The van der Waals surface area contributed by atoms with Gasteiger partial charge in [-0.05, 0) is 6.92 Å². The van der Waals surface area contributed by atoms with Crippen molar-refractivity contribution in [3.05, 3.63) is 18.0 Å². The molecule has 0 unspecified atom stereocenters. The molecule has 0 fully saturated rings. The van der Waals surface area contributed by atoms with Crippen molar-refractivity contribution in [3.63, 3.8) is 0 Å². The van der Waals surface area contributed by atoms with E-state index in [1.165, 1.54) is 11.3 Å². The second-order valence-corrected chi connectivity index (χ2v) is 5.94. The molecule has 18 heavy (non-hydrogen) atoms. The van der Waals surface area contributed by atoms with Crippen LogP contribution in [0, 0.1) is 6.92 Å². The molecule has 96 valence electrons. The number of amides is 1. The summed E-state index contributed by atoms with van der Waals surface area (Å²) < 4.78 is 5.86. The number of nitrogens with one attached hydrogen (secondary N) is 1. The summed E-state index contributed by atoms with van der Waals surface area (Å²) in [4.78, 5) is 15.5. The van der Waals surface area contributed by atoms with Gasteiger partial charge in [-0.3, -0.25) is 4.79 Å². The molecule has 0 radical (unpaired) electrons. The van der Waals surface area contributed by atoms with Gasteiger partial charge in [-0.25, -0.2) is 4.98 Å². The Labute approximate surface area is 112 Å². The van der Waals surface area contributed by atoms with Crippen LogP contribution in [0.4, 0.5) is 10.9 Å². The minimum atomic E-state index is -0.0895. The maximum absolute atomic E-state index is 11.6. The summed E-state index contributed by atoms with van der Waals surface area (Å²) in [5.74, 6) is 1.70. The smallest absolute Gasteiger partial charge is 0.226 e. The Kier molecular flexibility index (Phi) is 4.21. The molecule has 0 aromatic carbocycles. The first-order chi connectivity index (χ1) is 8.63. The number of nitrogens with zero attached hydrogens (tertiary/aromatic N) is 2. The molecule has 1 amide bonds. The molecule has 2 aromatic rings. The highest BCUT2D eigenvalue weighted by Gasteiger charge is 2.07. The predicted molar refractivity (Wildman–Crippen MR) is 71.7 cm³/mol. The van der Waals surface area contributed by atoms with Gasteiger partial charge in [0.2, 0.25) is 5.91 Å². The van der Waals surface area contributed by atoms with Crippen molar-refractivity contribution in [1.82, 2.24) is 10.1 Å². The first-order valence-electron chi connectivity index (χ1n) is 5.21. The fourth-order valence-electron chi connectivity index (χ4n) is 1.21. The number of nitrogen functional groups attached to an aromatic ring is 1. The van der Waals surface area contributed by atoms with Gasteiger partial charge in [0, 0.05) is 18.2 Å². The molecule has 3 N–H and O–H groups in total. The minimum absolute atomic E-state index is 0.0895. The van der Waals surface area contributed by atoms with Crippen LogP contribution in [0.25, 0.3) is 0 Å². The third-order valence-electron chi connectivity index (χ3n) is 1.97. The van der Waals surface area contributed by atoms with Gasteiger partial charge in [0.1, 0.15) is 5.76 Å². The zero-order valence-electron chi connectivity index (χ0n) is 9.67. The fourth-order valence-corrected chi connectivity index (χ4v) is 2.99. The van der Waals surface area contributed by atoms with E-state index in [-0.39, 0.29) is 5.91 Å². The number of thiazole rings is 1. The molecular weight excluding hydrogens is 272 g/mol. The molecule has 8 heteroatoms. The summed E-state index contributed by atoms with van der Waals surface area (Å²) in [7, 11) is 0. The number of thioether (sulfide) groups is 1. The van der Waals surface area contributed by atoms with Crippen molar-refractivity contribution in [3.8, 4) is 0 Å².